The van der Waals surface area contributed by atoms with Crippen LogP contribution in [0.3, 0.4) is 0 Å². The lowest BCUT2D eigenvalue weighted by atomic mass is 9.89. The smallest absolute Gasteiger partial charge is 0.0252 e. The molecule has 2 heteroatoms. The van der Waals surface area contributed by atoms with Gasteiger partial charge in [0.15, 0.2) is 0 Å². The van der Waals surface area contributed by atoms with Crippen LogP contribution in [0.4, 0.5) is 0 Å². The number of hydrogen-bond acceptors (Lipinski definition) is 2. The topological polar surface area (TPSA) is 15.3 Å². The number of nitrogens with zero attached hydrogens (tertiary/aromatic N) is 1. The predicted molar refractivity (Wildman–Crippen MR) is 81.3 cm³/mol. The molecule has 1 saturated heterocycles. The molecular formula is C17H32N2. The van der Waals surface area contributed by atoms with Crippen molar-refractivity contribution in [2.45, 2.75) is 83.3 Å². The van der Waals surface area contributed by atoms with E-state index >= 15 is 0 Å². The number of piperazine rings is 1. The highest BCUT2D eigenvalue weighted by Crippen LogP contribution is 2.39. The van der Waals surface area contributed by atoms with E-state index in [1.54, 1.807) is 0 Å². The molecule has 0 aromatic heterocycles. The quantitative estimate of drug-likeness (QED) is 0.837. The highest BCUT2D eigenvalue weighted by Gasteiger charge is 2.41. The molecule has 0 amide bonds. The molecule has 2 nitrogen and oxygen atoms in total. The Kier molecular flexibility index (Phi) is 4.48. The molecule has 2 aliphatic carbocycles. The summed E-state index contributed by atoms with van der Waals surface area (Å²) in [5.74, 6) is 1.85. The van der Waals surface area contributed by atoms with E-state index in [0.717, 1.165) is 30.0 Å². The minimum Gasteiger partial charge on any atom is -0.311 e. The Labute approximate surface area is 119 Å². The summed E-state index contributed by atoms with van der Waals surface area (Å²) in [5, 5.41) is 3.85. The van der Waals surface area contributed by atoms with Gasteiger partial charge >= 0.3 is 0 Å². The van der Waals surface area contributed by atoms with Gasteiger partial charge in [0.25, 0.3) is 0 Å². The van der Waals surface area contributed by atoms with E-state index in [1.165, 1.54) is 64.5 Å². The van der Waals surface area contributed by atoms with Gasteiger partial charge in [0, 0.05) is 31.2 Å². The van der Waals surface area contributed by atoms with Gasteiger partial charge in [0.1, 0.15) is 0 Å². The average molecular weight is 264 g/mol. The largest absolute Gasteiger partial charge is 0.311 e. The van der Waals surface area contributed by atoms with Crippen LogP contribution in [0.5, 0.6) is 0 Å². The van der Waals surface area contributed by atoms with Gasteiger partial charge in [-0.05, 0) is 43.9 Å². The summed E-state index contributed by atoms with van der Waals surface area (Å²) >= 11 is 0. The van der Waals surface area contributed by atoms with E-state index in [9.17, 15) is 0 Å². The minimum atomic E-state index is 0.747. The predicted octanol–water partition coefficient (Wildman–Crippen LogP) is 3.42. The number of hydrogen-bond donors (Lipinski definition) is 1. The van der Waals surface area contributed by atoms with Crippen molar-refractivity contribution in [3.8, 4) is 0 Å². The van der Waals surface area contributed by atoms with E-state index < -0.39 is 0 Å². The Hall–Kier alpha value is -0.0800. The van der Waals surface area contributed by atoms with E-state index in [-0.39, 0.29) is 0 Å². The monoisotopic (exact) mass is 264 g/mol. The molecule has 110 valence electrons. The van der Waals surface area contributed by atoms with Crippen molar-refractivity contribution < 1.29 is 0 Å². The number of rotatable bonds is 4. The van der Waals surface area contributed by atoms with Gasteiger partial charge in [-0.2, -0.15) is 0 Å². The average Bonchev–Trinajstić information content (AvgIpc) is 3.23. The van der Waals surface area contributed by atoms with Crippen LogP contribution in [0.2, 0.25) is 0 Å². The van der Waals surface area contributed by atoms with E-state index in [2.05, 4.69) is 24.1 Å². The van der Waals surface area contributed by atoms with E-state index in [0.29, 0.717) is 0 Å². The molecule has 0 aromatic carbocycles. The molecule has 0 spiro atoms. The second kappa shape index (κ2) is 6.13. The zero-order chi connectivity index (χ0) is 13.2. The Morgan fingerprint density at radius 2 is 1.79 bits per heavy atom. The van der Waals surface area contributed by atoms with Crippen LogP contribution < -0.4 is 5.32 Å². The van der Waals surface area contributed by atoms with E-state index in [4.69, 9.17) is 0 Å². The van der Waals surface area contributed by atoms with Gasteiger partial charge in [0.05, 0.1) is 0 Å². The van der Waals surface area contributed by atoms with Gasteiger partial charge in [-0.15, -0.1) is 0 Å². The summed E-state index contributed by atoms with van der Waals surface area (Å²) in [6.45, 7) is 7.31. The van der Waals surface area contributed by atoms with Crippen LogP contribution in [0.1, 0.15) is 65.2 Å². The van der Waals surface area contributed by atoms with Crippen molar-refractivity contribution in [2.75, 3.05) is 13.1 Å². The fraction of sp³-hybridized carbons (Fsp3) is 1.00. The summed E-state index contributed by atoms with van der Waals surface area (Å²) in [6, 6.07) is 2.53. The molecule has 0 radical (unpaired) electrons. The van der Waals surface area contributed by atoms with Gasteiger partial charge in [-0.3, -0.25) is 4.90 Å². The van der Waals surface area contributed by atoms with Crippen LogP contribution in [-0.4, -0.2) is 36.1 Å². The Balaban J connectivity index is 1.63. The molecule has 3 fully saturated rings. The molecule has 19 heavy (non-hydrogen) atoms. The molecule has 2 saturated carbocycles. The summed E-state index contributed by atoms with van der Waals surface area (Å²) < 4.78 is 0. The van der Waals surface area contributed by atoms with Gasteiger partial charge in [-0.1, -0.05) is 33.1 Å². The van der Waals surface area contributed by atoms with Crippen molar-refractivity contribution in [1.29, 1.82) is 0 Å². The third kappa shape index (κ3) is 3.52. The Morgan fingerprint density at radius 1 is 1.05 bits per heavy atom. The Morgan fingerprint density at radius 3 is 2.42 bits per heavy atom. The normalized spacial score (nSPS) is 34.9. The summed E-state index contributed by atoms with van der Waals surface area (Å²) in [7, 11) is 0. The van der Waals surface area contributed by atoms with Crippen LogP contribution in [0.25, 0.3) is 0 Å². The van der Waals surface area contributed by atoms with Gasteiger partial charge < -0.3 is 5.32 Å². The van der Waals surface area contributed by atoms with Crippen molar-refractivity contribution in [2.24, 2.45) is 11.8 Å². The highest BCUT2D eigenvalue weighted by molar-refractivity contribution is 4.97. The first-order chi connectivity index (χ1) is 9.24. The van der Waals surface area contributed by atoms with Crippen molar-refractivity contribution >= 4 is 0 Å². The molecule has 1 aliphatic heterocycles. The maximum atomic E-state index is 3.85. The van der Waals surface area contributed by atoms with Crippen molar-refractivity contribution in [3.05, 3.63) is 0 Å². The Bertz CT molecular complexity index is 279. The fourth-order valence-corrected chi connectivity index (χ4v) is 4.34. The molecule has 3 aliphatic rings. The molecule has 0 bridgehead atoms. The second-order valence-electron chi connectivity index (χ2n) is 7.63. The number of nitrogens with one attached hydrogen (secondary N) is 1. The first-order valence-corrected chi connectivity index (χ1v) is 8.73. The lowest BCUT2D eigenvalue weighted by Gasteiger charge is -2.46. The summed E-state index contributed by atoms with van der Waals surface area (Å²) in [6.07, 6.45) is 11.7. The standard InChI is InChI=1S/C17H32N2/c1-13(2)10-15-12-19(16-6-4-3-5-7-16)17(11-18-15)14-8-9-14/h13-18H,3-12H2,1-2H3. The van der Waals surface area contributed by atoms with Crippen LogP contribution >= 0.6 is 0 Å². The maximum absolute atomic E-state index is 3.85. The fourth-order valence-electron chi connectivity index (χ4n) is 4.34. The summed E-state index contributed by atoms with van der Waals surface area (Å²) in [4.78, 5) is 2.94. The zero-order valence-electron chi connectivity index (χ0n) is 12.9. The zero-order valence-corrected chi connectivity index (χ0v) is 12.9. The highest BCUT2D eigenvalue weighted by atomic mass is 15.3. The third-order valence-electron chi connectivity index (χ3n) is 5.44. The van der Waals surface area contributed by atoms with Crippen molar-refractivity contribution in [3.63, 3.8) is 0 Å². The molecule has 1 heterocycles. The summed E-state index contributed by atoms with van der Waals surface area (Å²) in [5.41, 5.74) is 0. The maximum Gasteiger partial charge on any atom is 0.0252 e. The molecule has 3 rings (SSSR count). The van der Waals surface area contributed by atoms with Gasteiger partial charge in [0.2, 0.25) is 0 Å². The lowest BCUT2D eigenvalue weighted by Crippen LogP contribution is -2.60. The molecule has 0 aromatic rings. The SMILES string of the molecule is CC(C)CC1CN(C2CCCCC2)C(C2CC2)CN1. The van der Waals surface area contributed by atoms with Crippen molar-refractivity contribution in [1.82, 2.24) is 10.2 Å². The molecule has 2 unspecified atom stereocenters. The first kappa shape index (κ1) is 13.9. The minimum absolute atomic E-state index is 0.747. The first-order valence-electron chi connectivity index (χ1n) is 8.73. The molecule has 1 N–H and O–H groups in total. The van der Waals surface area contributed by atoms with Gasteiger partial charge in [-0.25, -0.2) is 0 Å². The second-order valence-corrected chi connectivity index (χ2v) is 7.63. The lowest BCUT2D eigenvalue weighted by molar-refractivity contribution is 0.0466. The molecular weight excluding hydrogens is 232 g/mol. The van der Waals surface area contributed by atoms with Crippen LogP contribution in [0, 0.1) is 11.8 Å². The van der Waals surface area contributed by atoms with Crippen LogP contribution in [-0.2, 0) is 0 Å². The van der Waals surface area contributed by atoms with Crippen LogP contribution in [0.15, 0.2) is 0 Å². The third-order valence-corrected chi connectivity index (χ3v) is 5.44. The van der Waals surface area contributed by atoms with E-state index in [1.807, 2.05) is 0 Å². The molecule has 2 atom stereocenters.